The highest BCUT2D eigenvalue weighted by molar-refractivity contribution is 6.20. The largest absolute Gasteiger partial charge is 0.478 e. The number of amides is 1. The molecule has 0 unspecified atom stereocenters. The molecule has 6 aromatic carbocycles. The number of aromatic carboxylic acids is 1. The molecule has 0 saturated carbocycles. The van der Waals surface area contributed by atoms with Gasteiger partial charge in [-0.25, -0.2) is 9.18 Å². The minimum Gasteiger partial charge on any atom is -0.478 e. The molecular formula is C49H40FNO4. The maximum atomic E-state index is 14.3. The fourth-order valence-electron chi connectivity index (χ4n) is 8.40. The van der Waals surface area contributed by atoms with Crippen LogP contribution in [0.1, 0.15) is 88.3 Å². The number of ketones is 1. The Morgan fingerprint density at radius 1 is 0.764 bits per heavy atom. The van der Waals surface area contributed by atoms with E-state index in [-0.39, 0.29) is 28.1 Å². The number of carboxylic acid groups (broad SMARTS) is 1. The lowest BCUT2D eigenvalue weighted by atomic mass is 9.64. The first kappa shape index (κ1) is 35.6. The first-order valence-corrected chi connectivity index (χ1v) is 18.5. The lowest BCUT2D eigenvalue weighted by Crippen LogP contribution is -2.28. The molecule has 0 bridgehead atoms. The normalized spacial score (nSPS) is 15.6. The van der Waals surface area contributed by atoms with Crippen molar-refractivity contribution in [2.45, 2.75) is 46.0 Å². The molecule has 8 rings (SSSR count). The summed E-state index contributed by atoms with van der Waals surface area (Å²) in [5.41, 5.74) is 8.55. The van der Waals surface area contributed by atoms with Gasteiger partial charge in [-0.3, -0.25) is 9.59 Å². The van der Waals surface area contributed by atoms with Crippen LogP contribution in [0, 0.1) is 11.2 Å². The third kappa shape index (κ3) is 6.69. The SMILES string of the molecule is CC1(C)C=CC2=C(C1)CC(C)(C)c1c2ccc2cc(-c3ccc4ccccc4c3C(=O)C=Cc3ccc(C(=O)O)cc3)cc(NC(=O)c3ccc(F)cc3)c12. The van der Waals surface area contributed by atoms with Crippen LogP contribution in [0.15, 0.2) is 133 Å². The Kier molecular flexibility index (Phi) is 8.72. The van der Waals surface area contributed by atoms with Crippen molar-refractivity contribution in [1.82, 2.24) is 0 Å². The maximum absolute atomic E-state index is 14.3. The first-order valence-electron chi connectivity index (χ1n) is 18.5. The zero-order chi connectivity index (χ0) is 38.6. The molecule has 0 fully saturated rings. The summed E-state index contributed by atoms with van der Waals surface area (Å²) in [6.07, 6.45) is 9.60. The predicted octanol–water partition coefficient (Wildman–Crippen LogP) is 12.1. The number of hydrogen-bond acceptors (Lipinski definition) is 3. The van der Waals surface area contributed by atoms with Crippen molar-refractivity contribution in [2.24, 2.45) is 5.41 Å². The van der Waals surface area contributed by atoms with Crippen LogP contribution in [0.25, 0.3) is 44.3 Å². The number of hydrogen-bond donors (Lipinski definition) is 2. The van der Waals surface area contributed by atoms with Crippen LogP contribution in [0.2, 0.25) is 0 Å². The third-order valence-corrected chi connectivity index (χ3v) is 10.9. The summed E-state index contributed by atoms with van der Waals surface area (Å²) in [5, 5.41) is 16.1. The maximum Gasteiger partial charge on any atom is 0.335 e. The minimum atomic E-state index is -1.02. The van der Waals surface area contributed by atoms with Gasteiger partial charge in [0.15, 0.2) is 5.78 Å². The molecule has 6 heteroatoms. The Bertz CT molecular complexity index is 2680. The van der Waals surface area contributed by atoms with Crippen molar-refractivity contribution in [3.63, 3.8) is 0 Å². The van der Waals surface area contributed by atoms with Crippen LogP contribution in [0.4, 0.5) is 10.1 Å². The molecule has 0 spiro atoms. The van der Waals surface area contributed by atoms with Crippen molar-refractivity contribution in [2.75, 3.05) is 5.32 Å². The topological polar surface area (TPSA) is 83.5 Å². The Morgan fingerprint density at radius 3 is 2.20 bits per heavy atom. The Morgan fingerprint density at radius 2 is 1.45 bits per heavy atom. The summed E-state index contributed by atoms with van der Waals surface area (Å²) in [5.74, 6) is -2.02. The second-order valence-corrected chi connectivity index (χ2v) is 16.0. The summed E-state index contributed by atoms with van der Waals surface area (Å²) in [4.78, 5) is 39.6. The van der Waals surface area contributed by atoms with Crippen LogP contribution >= 0.6 is 0 Å². The van der Waals surface area contributed by atoms with E-state index < -0.39 is 11.8 Å². The zero-order valence-electron chi connectivity index (χ0n) is 31.2. The summed E-state index contributed by atoms with van der Waals surface area (Å²) < 4.78 is 13.9. The van der Waals surface area contributed by atoms with E-state index in [2.05, 4.69) is 63.4 Å². The van der Waals surface area contributed by atoms with E-state index in [1.807, 2.05) is 42.5 Å². The van der Waals surface area contributed by atoms with E-state index in [4.69, 9.17) is 0 Å². The Hall–Kier alpha value is -6.40. The summed E-state index contributed by atoms with van der Waals surface area (Å²) in [6.45, 7) is 9.06. The van der Waals surface area contributed by atoms with Gasteiger partial charge in [-0.05, 0) is 128 Å². The van der Waals surface area contributed by atoms with Crippen LogP contribution in [0.3, 0.4) is 0 Å². The summed E-state index contributed by atoms with van der Waals surface area (Å²) >= 11 is 0. The van der Waals surface area contributed by atoms with Crippen molar-refractivity contribution in [1.29, 1.82) is 0 Å². The van der Waals surface area contributed by atoms with Gasteiger partial charge in [0.05, 0.1) is 5.56 Å². The number of allylic oxidation sites excluding steroid dienone is 5. The van der Waals surface area contributed by atoms with Gasteiger partial charge in [0, 0.05) is 22.2 Å². The number of rotatable bonds is 7. The quantitative estimate of drug-likeness (QED) is 0.127. The Balaban J connectivity index is 1.32. The fourth-order valence-corrected chi connectivity index (χ4v) is 8.40. The number of benzene rings is 6. The second-order valence-electron chi connectivity index (χ2n) is 16.0. The van der Waals surface area contributed by atoms with E-state index in [9.17, 15) is 23.9 Å². The van der Waals surface area contributed by atoms with Gasteiger partial charge in [-0.15, -0.1) is 0 Å². The molecule has 2 aliphatic carbocycles. The van der Waals surface area contributed by atoms with E-state index >= 15 is 0 Å². The molecule has 0 heterocycles. The highest BCUT2D eigenvalue weighted by Gasteiger charge is 2.37. The van der Waals surface area contributed by atoms with Gasteiger partial charge in [-0.2, -0.15) is 0 Å². The van der Waals surface area contributed by atoms with Crippen LogP contribution in [-0.4, -0.2) is 22.8 Å². The smallest absolute Gasteiger partial charge is 0.335 e. The molecule has 6 aromatic rings. The molecule has 1 amide bonds. The molecule has 0 atom stereocenters. The fraction of sp³-hybridized carbons (Fsp3) is 0.163. The molecule has 0 aromatic heterocycles. The molecule has 55 heavy (non-hydrogen) atoms. The van der Waals surface area contributed by atoms with E-state index in [1.54, 1.807) is 18.2 Å². The molecule has 2 aliphatic rings. The molecule has 272 valence electrons. The second kappa shape index (κ2) is 13.5. The van der Waals surface area contributed by atoms with Crippen molar-refractivity contribution in [3.05, 3.63) is 172 Å². The molecule has 2 N–H and O–H groups in total. The Labute approximate surface area is 319 Å². The zero-order valence-corrected chi connectivity index (χ0v) is 31.2. The highest BCUT2D eigenvalue weighted by atomic mass is 19.1. The standard InChI is InChI=1S/C49H40FNO4/c1-48(2)24-23-37-35(27-48)28-49(3,4)45-40(37)21-17-33-25-34(26-41(43(33)45)51-46(53)31-14-18-36(50)19-15-31)39-20-16-30-7-5-6-8-38(30)44(39)42(52)22-11-29-9-12-32(13-10-29)47(54)55/h5-26H,27-28H2,1-4H3,(H,51,53)(H,54,55). The molecular weight excluding hydrogens is 686 g/mol. The van der Waals surface area contributed by atoms with Crippen LogP contribution < -0.4 is 5.32 Å². The van der Waals surface area contributed by atoms with E-state index in [0.717, 1.165) is 51.1 Å². The number of fused-ring (bicyclic) bond motifs is 5. The number of carboxylic acids is 1. The summed E-state index contributed by atoms with van der Waals surface area (Å²) in [6, 6.07) is 31.9. The minimum absolute atomic E-state index is 0.0711. The van der Waals surface area contributed by atoms with Gasteiger partial charge in [0.2, 0.25) is 0 Å². The lowest BCUT2D eigenvalue weighted by Gasteiger charge is -2.40. The number of halogens is 1. The van der Waals surface area contributed by atoms with Gasteiger partial charge in [0.1, 0.15) is 5.82 Å². The average Bonchev–Trinajstić information content (AvgIpc) is 3.15. The van der Waals surface area contributed by atoms with Gasteiger partial charge < -0.3 is 10.4 Å². The van der Waals surface area contributed by atoms with Crippen molar-refractivity contribution >= 4 is 56.5 Å². The van der Waals surface area contributed by atoms with Gasteiger partial charge in [-0.1, -0.05) is 112 Å². The molecule has 5 nitrogen and oxygen atoms in total. The number of carbonyl (C=O) groups is 3. The van der Waals surface area contributed by atoms with E-state index in [0.29, 0.717) is 27.9 Å². The highest BCUT2D eigenvalue weighted by Crippen LogP contribution is 2.52. The van der Waals surface area contributed by atoms with Crippen molar-refractivity contribution in [3.8, 4) is 11.1 Å². The lowest BCUT2D eigenvalue weighted by molar-refractivity contribution is 0.0696. The first-order chi connectivity index (χ1) is 26.3. The number of nitrogens with one attached hydrogen (secondary N) is 1. The predicted molar refractivity (Wildman–Crippen MR) is 220 cm³/mol. The monoisotopic (exact) mass is 725 g/mol. The van der Waals surface area contributed by atoms with Crippen LogP contribution in [0.5, 0.6) is 0 Å². The number of anilines is 1. The average molecular weight is 726 g/mol. The molecule has 0 aliphatic heterocycles. The molecule has 0 radical (unpaired) electrons. The van der Waals surface area contributed by atoms with E-state index in [1.165, 1.54) is 53.6 Å². The van der Waals surface area contributed by atoms with Crippen LogP contribution in [-0.2, 0) is 5.41 Å². The van der Waals surface area contributed by atoms with Crippen molar-refractivity contribution < 1.29 is 23.9 Å². The summed E-state index contributed by atoms with van der Waals surface area (Å²) in [7, 11) is 0. The van der Waals surface area contributed by atoms with Gasteiger partial charge >= 0.3 is 5.97 Å². The number of carbonyl (C=O) groups excluding carboxylic acids is 2. The third-order valence-electron chi connectivity index (χ3n) is 10.9. The van der Waals surface area contributed by atoms with Gasteiger partial charge in [0.25, 0.3) is 5.91 Å². The molecule has 0 saturated heterocycles.